The summed E-state index contributed by atoms with van der Waals surface area (Å²) in [7, 11) is 1.62. The van der Waals surface area contributed by atoms with Gasteiger partial charge in [-0.3, -0.25) is 14.4 Å². The fourth-order valence-electron chi connectivity index (χ4n) is 5.37. The average Bonchev–Trinajstić information content (AvgIpc) is 3.46. The van der Waals surface area contributed by atoms with Crippen LogP contribution < -0.4 is 30.3 Å². The predicted octanol–water partition coefficient (Wildman–Crippen LogP) is 4.02. The van der Waals surface area contributed by atoms with Crippen molar-refractivity contribution in [1.29, 1.82) is 0 Å². The van der Waals surface area contributed by atoms with Gasteiger partial charge in [0.05, 0.1) is 30.5 Å². The first-order valence-corrected chi connectivity index (χ1v) is 14.9. The predicted molar refractivity (Wildman–Crippen MR) is 170 cm³/mol. The summed E-state index contributed by atoms with van der Waals surface area (Å²) in [6, 6.07) is 19.9. The molecule has 10 heteroatoms. The second-order valence-electron chi connectivity index (χ2n) is 11.3. The van der Waals surface area contributed by atoms with E-state index in [1.165, 1.54) is 0 Å². The van der Waals surface area contributed by atoms with Gasteiger partial charge in [0.15, 0.2) is 5.75 Å². The third-order valence-corrected chi connectivity index (χ3v) is 7.86. The minimum Gasteiger partial charge on any atom is -0.497 e. The Morgan fingerprint density at radius 3 is 2.55 bits per heavy atom. The number of aliphatic hydroxyl groups excluding tert-OH is 1. The van der Waals surface area contributed by atoms with Crippen molar-refractivity contribution in [1.82, 2.24) is 10.6 Å². The maximum absolute atomic E-state index is 14.0. The second kappa shape index (κ2) is 14.9. The van der Waals surface area contributed by atoms with E-state index in [1.807, 2.05) is 75.4 Å². The number of ether oxygens (including phenoxy) is 2. The molecule has 0 aromatic heterocycles. The number of carbonyl (C=O) groups is 3. The van der Waals surface area contributed by atoms with E-state index in [0.29, 0.717) is 43.7 Å². The molecule has 2 amide bonds. The molecule has 3 aromatic rings. The molecule has 234 valence electrons. The molecule has 44 heavy (non-hydrogen) atoms. The Hall–Kier alpha value is -4.41. The number of aliphatic hydroxyl groups is 1. The van der Waals surface area contributed by atoms with E-state index in [9.17, 15) is 19.5 Å². The van der Waals surface area contributed by atoms with E-state index in [4.69, 9.17) is 9.47 Å². The van der Waals surface area contributed by atoms with Crippen molar-refractivity contribution >= 4 is 29.7 Å². The van der Waals surface area contributed by atoms with Crippen LogP contribution in [-0.4, -0.2) is 62.3 Å². The van der Waals surface area contributed by atoms with E-state index in [0.717, 1.165) is 16.9 Å². The molecular weight excluding hydrogens is 560 g/mol. The number of carbonyl (C=O) groups excluding carboxylic acids is 3. The topological polar surface area (TPSA) is 129 Å². The molecule has 2 unspecified atom stereocenters. The van der Waals surface area contributed by atoms with Gasteiger partial charge in [0.2, 0.25) is 5.91 Å². The molecule has 3 aromatic carbocycles. The lowest BCUT2D eigenvalue weighted by Gasteiger charge is -2.31. The zero-order valence-electron chi connectivity index (χ0n) is 25.8. The number of hydrogen-bond acceptors (Lipinski definition) is 8. The van der Waals surface area contributed by atoms with Crippen LogP contribution in [0.4, 0.5) is 11.4 Å². The van der Waals surface area contributed by atoms with Crippen molar-refractivity contribution in [3.05, 3.63) is 83.4 Å². The normalized spacial score (nSPS) is 14.6. The number of nitrogens with zero attached hydrogens (tertiary/aromatic N) is 1. The smallest absolute Gasteiger partial charge is 0.298 e. The molecule has 1 saturated heterocycles. The molecule has 1 aliphatic rings. The molecule has 0 aliphatic carbocycles. The minimum absolute atomic E-state index is 0.0371. The van der Waals surface area contributed by atoms with Gasteiger partial charge in [-0.25, -0.2) is 0 Å². The van der Waals surface area contributed by atoms with Crippen molar-refractivity contribution < 1.29 is 29.0 Å². The summed E-state index contributed by atoms with van der Waals surface area (Å²) in [5.41, 5.74) is 2.43. The van der Waals surface area contributed by atoms with Crippen molar-refractivity contribution in [2.75, 3.05) is 37.0 Å². The Balaban J connectivity index is 1.63. The van der Waals surface area contributed by atoms with Gasteiger partial charge in [0.25, 0.3) is 12.4 Å². The lowest BCUT2D eigenvalue weighted by Crippen LogP contribution is -2.51. The summed E-state index contributed by atoms with van der Waals surface area (Å²) >= 11 is 0. The Kier molecular flexibility index (Phi) is 11.0. The van der Waals surface area contributed by atoms with Crippen LogP contribution in [0, 0.1) is 0 Å². The summed E-state index contributed by atoms with van der Waals surface area (Å²) in [6.45, 7) is 7.37. The average molecular weight is 603 g/mol. The van der Waals surface area contributed by atoms with Crippen LogP contribution in [0.3, 0.4) is 0 Å². The first-order chi connectivity index (χ1) is 21.2. The van der Waals surface area contributed by atoms with Crippen LogP contribution in [0.5, 0.6) is 11.5 Å². The number of methoxy groups -OCH3 is 1. The first-order valence-electron chi connectivity index (χ1n) is 14.9. The highest BCUT2D eigenvalue weighted by Gasteiger charge is 2.30. The molecule has 0 saturated carbocycles. The Morgan fingerprint density at radius 2 is 1.89 bits per heavy atom. The van der Waals surface area contributed by atoms with Crippen molar-refractivity contribution in [2.45, 2.75) is 57.7 Å². The summed E-state index contributed by atoms with van der Waals surface area (Å²) < 4.78 is 10.7. The minimum atomic E-state index is -0.990. The fraction of sp³-hybridized carbons (Fsp3) is 0.382. The van der Waals surface area contributed by atoms with Gasteiger partial charge < -0.3 is 35.4 Å². The highest BCUT2D eigenvalue weighted by molar-refractivity contribution is 6.03. The van der Waals surface area contributed by atoms with Crippen molar-refractivity contribution in [2.24, 2.45) is 0 Å². The van der Waals surface area contributed by atoms with Crippen LogP contribution >= 0.6 is 0 Å². The summed E-state index contributed by atoms with van der Waals surface area (Å²) in [5, 5.41) is 21.1. The van der Waals surface area contributed by atoms with Gasteiger partial charge in [-0.2, -0.15) is 0 Å². The molecule has 10 nitrogen and oxygen atoms in total. The number of anilines is 2. The maximum atomic E-state index is 14.0. The van der Waals surface area contributed by atoms with Crippen LogP contribution in [0.15, 0.2) is 66.7 Å². The maximum Gasteiger partial charge on any atom is 0.298 e. The van der Waals surface area contributed by atoms with E-state index >= 15 is 0 Å². The Morgan fingerprint density at radius 1 is 1.11 bits per heavy atom. The molecule has 0 bridgehead atoms. The SMILES string of the molecule is CCNc1cc(N2CCCC2=O)cc(C(=O)NC(Cc2ccccc2)C(O)CNC(C)(C)c2cccc(OC)c2)c1OC=O. The molecule has 0 spiro atoms. The van der Waals surface area contributed by atoms with Crippen LogP contribution in [-0.2, 0) is 21.5 Å². The summed E-state index contributed by atoms with van der Waals surface area (Å²) in [4.78, 5) is 39.7. The van der Waals surface area contributed by atoms with E-state index in [-0.39, 0.29) is 30.2 Å². The van der Waals surface area contributed by atoms with E-state index < -0.39 is 23.6 Å². The molecule has 0 radical (unpaired) electrons. The highest BCUT2D eigenvalue weighted by Crippen LogP contribution is 2.36. The standard InChI is InChI=1S/C34H42N4O6/c1-5-35-29-20-25(38-16-10-15-31(38)41)19-27(32(29)44-22-39)33(42)37-28(17-23-11-7-6-8-12-23)30(40)21-36-34(2,3)24-13-9-14-26(18-24)43-4/h6-9,11-14,18-20,22,28,30,35-36,40H,5,10,15-17,21H2,1-4H3,(H,37,42). The van der Waals surface area contributed by atoms with Crippen LogP contribution in [0.1, 0.15) is 55.1 Å². The number of benzene rings is 3. The zero-order chi connectivity index (χ0) is 31.7. The molecule has 4 rings (SSSR count). The van der Waals surface area contributed by atoms with Gasteiger partial charge in [-0.15, -0.1) is 0 Å². The largest absolute Gasteiger partial charge is 0.497 e. The Bertz CT molecular complexity index is 1440. The fourth-order valence-corrected chi connectivity index (χ4v) is 5.37. The first kappa shape index (κ1) is 32.5. The van der Waals surface area contributed by atoms with Crippen LogP contribution in [0.2, 0.25) is 0 Å². The zero-order valence-corrected chi connectivity index (χ0v) is 25.8. The van der Waals surface area contributed by atoms with E-state index in [2.05, 4.69) is 16.0 Å². The lowest BCUT2D eigenvalue weighted by atomic mass is 9.93. The molecule has 1 heterocycles. The second-order valence-corrected chi connectivity index (χ2v) is 11.3. The quantitative estimate of drug-likeness (QED) is 0.192. The molecule has 1 aliphatic heterocycles. The van der Waals surface area contributed by atoms with Crippen LogP contribution in [0.25, 0.3) is 0 Å². The van der Waals surface area contributed by atoms with E-state index in [1.54, 1.807) is 24.1 Å². The number of amides is 2. The molecular formula is C34H42N4O6. The monoisotopic (exact) mass is 602 g/mol. The van der Waals surface area contributed by atoms with Gasteiger partial charge >= 0.3 is 0 Å². The van der Waals surface area contributed by atoms with Crippen molar-refractivity contribution in [3.63, 3.8) is 0 Å². The molecule has 2 atom stereocenters. The molecule has 4 N–H and O–H groups in total. The van der Waals surface area contributed by atoms with Gasteiger partial charge in [0, 0.05) is 37.3 Å². The summed E-state index contributed by atoms with van der Waals surface area (Å²) in [5.74, 6) is 0.210. The number of hydrogen-bond donors (Lipinski definition) is 4. The third kappa shape index (κ3) is 7.94. The lowest BCUT2D eigenvalue weighted by molar-refractivity contribution is -0.120. The van der Waals surface area contributed by atoms with Gasteiger partial charge in [0.1, 0.15) is 5.75 Å². The highest BCUT2D eigenvalue weighted by atomic mass is 16.5. The number of rotatable bonds is 15. The van der Waals surface area contributed by atoms with Gasteiger partial charge in [-0.05, 0) is 69.0 Å². The molecule has 1 fully saturated rings. The summed E-state index contributed by atoms with van der Waals surface area (Å²) in [6.07, 6.45) is 0.503. The number of nitrogens with one attached hydrogen (secondary N) is 3. The Labute approximate surface area is 258 Å². The van der Waals surface area contributed by atoms with Gasteiger partial charge in [-0.1, -0.05) is 42.5 Å². The van der Waals surface area contributed by atoms with Crippen molar-refractivity contribution in [3.8, 4) is 11.5 Å². The third-order valence-electron chi connectivity index (χ3n) is 7.86.